The van der Waals surface area contributed by atoms with Crippen molar-refractivity contribution >= 4 is 0 Å². The highest BCUT2D eigenvalue weighted by Gasteiger charge is 2.38. The molecule has 0 aliphatic heterocycles. The zero-order valence-corrected chi connectivity index (χ0v) is 11.4. The van der Waals surface area contributed by atoms with Gasteiger partial charge in [-0.25, -0.2) is 0 Å². The van der Waals surface area contributed by atoms with E-state index in [1.165, 1.54) is 0 Å². The lowest BCUT2D eigenvalue weighted by molar-refractivity contribution is -0.0277. The molecule has 0 bridgehead atoms. The molecule has 112 valence electrons. The minimum atomic E-state index is -3.46. The Balaban J connectivity index is 2.94. The maximum absolute atomic E-state index is 11.5. The van der Waals surface area contributed by atoms with Crippen LogP contribution in [0.2, 0.25) is 0 Å². The van der Waals surface area contributed by atoms with Crippen LogP contribution in [-0.2, 0) is 0 Å². The van der Waals surface area contributed by atoms with Gasteiger partial charge in [-0.15, -0.1) is 0 Å². The Kier molecular flexibility index (Phi) is 1.97. The summed E-state index contributed by atoms with van der Waals surface area (Å²) in [5.74, 6) is -2.41. The number of hydrogen-bond donors (Lipinski definition) is 1. The molecule has 0 aromatic heterocycles. The van der Waals surface area contributed by atoms with Gasteiger partial charge in [0.1, 0.15) is 5.75 Å². The summed E-state index contributed by atoms with van der Waals surface area (Å²) in [7, 11) is 1.14. The van der Waals surface area contributed by atoms with Gasteiger partial charge in [-0.1, -0.05) is 31.3 Å². The smallest absolute Gasteiger partial charge is 0.118 e. The summed E-state index contributed by atoms with van der Waals surface area (Å²) in [5, 5.41) is 11.5. The first-order valence-corrected chi connectivity index (χ1v) is 6.58. The number of ether oxygens (including phenoxy) is 1. The minimum absolute atomic E-state index is 0.0292. The van der Waals surface area contributed by atoms with Crippen LogP contribution in [0.4, 0.5) is 0 Å². The first kappa shape index (κ1) is 5.98. The predicted octanol–water partition coefficient (Wildman–Crippen LogP) is 3.04. The van der Waals surface area contributed by atoms with Crippen LogP contribution in [0.1, 0.15) is 60.0 Å². The Morgan fingerprint density at radius 3 is 2.55 bits per heavy atom. The van der Waals surface area contributed by atoms with Gasteiger partial charge in [0.25, 0.3) is 0 Å². The molecule has 0 radical (unpaired) electrons. The number of likely N-dealkylation sites (N-methyl/N-ethyl adjacent to an activating group) is 1. The molecule has 1 atom stereocenters. The van der Waals surface area contributed by atoms with Crippen LogP contribution >= 0.6 is 0 Å². The van der Waals surface area contributed by atoms with Crippen LogP contribution in [0.25, 0.3) is 0 Å². The average molecular weight is 289 g/mol. The monoisotopic (exact) mass is 289 g/mol. The van der Waals surface area contributed by atoms with Crippen LogP contribution < -0.4 is 4.74 Å². The highest BCUT2D eigenvalue weighted by Crippen LogP contribution is 2.40. The van der Waals surface area contributed by atoms with Crippen molar-refractivity contribution in [2.45, 2.75) is 43.6 Å². The summed E-state index contributed by atoms with van der Waals surface area (Å²) in [4.78, 5) is -0.305. The number of nitrogens with zero attached hydrogens (tertiary/aromatic N) is 1. The first-order chi connectivity index (χ1) is 14.4. The third kappa shape index (κ3) is 3.53. The molecule has 2 rings (SSSR count). The van der Waals surface area contributed by atoms with Crippen LogP contribution in [0, 0.1) is 0 Å². The summed E-state index contributed by atoms with van der Waals surface area (Å²) in [6.45, 7) is -10.2. The second kappa shape index (κ2) is 6.59. The quantitative estimate of drug-likeness (QED) is 0.904. The van der Waals surface area contributed by atoms with Gasteiger partial charge in [0.15, 0.2) is 0 Å². The molecule has 0 amide bonds. The Hall–Kier alpha value is -1.06. The standard InChI is InChI=1S/C17H27NO2/c1-18(2)13-16(17(19)11-5-4-6-12-17)14-7-9-15(20-3)10-8-14/h7-10,16,19H,4-6,11-13H2,1-3H3/i1D3,2D3,7D,8D,9D,10D,13D2. The predicted molar refractivity (Wildman–Crippen MR) is 82.3 cm³/mol. The molecule has 1 fully saturated rings. The molecule has 3 nitrogen and oxygen atoms in total. The highest BCUT2D eigenvalue weighted by atomic mass is 16.5. The largest absolute Gasteiger partial charge is 0.497 e. The summed E-state index contributed by atoms with van der Waals surface area (Å²) in [6, 6.07) is -2.74. The molecule has 1 aromatic rings. The number of benzene rings is 1. The fourth-order valence-electron chi connectivity index (χ4n) is 2.59. The minimum Gasteiger partial charge on any atom is -0.497 e. The SMILES string of the molecule is [2H]c1c([2H])c(C(C2(O)CCCCC2)C([2H])([2H])N(C([2H])([2H])[2H])C([2H])([2H])[2H])c([2H])c([2H])c1OC. The van der Waals surface area contributed by atoms with Crippen molar-refractivity contribution in [3.05, 3.63) is 29.7 Å². The van der Waals surface area contributed by atoms with Gasteiger partial charge in [0, 0.05) is 23.4 Å². The highest BCUT2D eigenvalue weighted by molar-refractivity contribution is 5.31. The van der Waals surface area contributed by atoms with Gasteiger partial charge in [0.05, 0.1) is 18.2 Å². The van der Waals surface area contributed by atoms with E-state index in [1.807, 2.05) is 0 Å². The molecular formula is C17H27NO2. The molecule has 1 N–H and O–H groups in total. The van der Waals surface area contributed by atoms with Gasteiger partial charge < -0.3 is 14.7 Å². The lowest BCUT2D eigenvalue weighted by atomic mass is 9.72. The van der Waals surface area contributed by atoms with Gasteiger partial charge >= 0.3 is 0 Å². The maximum Gasteiger partial charge on any atom is 0.118 e. The second-order valence-electron chi connectivity index (χ2n) is 5.01. The Morgan fingerprint density at radius 2 is 2.00 bits per heavy atom. The summed E-state index contributed by atoms with van der Waals surface area (Å²) in [5.41, 5.74) is -2.59. The first-order valence-electron chi connectivity index (χ1n) is 12.6. The lowest BCUT2D eigenvalue weighted by Gasteiger charge is -2.40. The molecule has 1 aromatic carbocycles. The lowest BCUT2D eigenvalue weighted by Crippen LogP contribution is -2.42. The van der Waals surface area contributed by atoms with E-state index in [9.17, 15) is 5.11 Å². The molecule has 1 unspecified atom stereocenters. The van der Waals surface area contributed by atoms with E-state index >= 15 is 0 Å². The van der Waals surface area contributed by atoms with Crippen molar-refractivity contribution in [2.75, 3.05) is 27.6 Å². The Morgan fingerprint density at radius 1 is 1.35 bits per heavy atom. The molecule has 3 heteroatoms. The molecular weight excluding hydrogens is 250 g/mol. The van der Waals surface area contributed by atoms with Crippen LogP contribution in [0.5, 0.6) is 5.75 Å². The number of rotatable bonds is 5. The van der Waals surface area contributed by atoms with Gasteiger partial charge in [-0.3, -0.25) is 0 Å². The van der Waals surface area contributed by atoms with E-state index in [4.69, 9.17) is 21.2 Å². The number of hydrogen-bond acceptors (Lipinski definition) is 3. The van der Waals surface area contributed by atoms with Crippen LogP contribution in [-0.4, -0.2) is 43.2 Å². The van der Waals surface area contributed by atoms with E-state index in [2.05, 4.69) is 0 Å². The Labute approximate surface area is 139 Å². The van der Waals surface area contributed by atoms with Crippen molar-refractivity contribution in [1.82, 2.24) is 4.90 Å². The molecule has 1 aliphatic carbocycles. The summed E-state index contributed by atoms with van der Waals surface area (Å²) < 4.78 is 101. The summed E-state index contributed by atoms with van der Waals surface area (Å²) in [6.07, 6.45) is 1.51. The van der Waals surface area contributed by atoms with Gasteiger partial charge in [0.2, 0.25) is 0 Å². The van der Waals surface area contributed by atoms with Crippen molar-refractivity contribution in [3.8, 4) is 5.75 Å². The Bertz CT molecular complexity index is 802. The number of methoxy groups -OCH3 is 1. The van der Waals surface area contributed by atoms with Crippen molar-refractivity contribution < 1.29 is 26.3 Å². The molecule has 20 heavy (non-hydrogen) atoms. The topological polar surface area (TPSA) is 32.7 Å². The fourth-order valence-corrected chi connectivity index (χ4v) is 2.59. The second-order valence-corrected chi connectivity index (χ2v) is 5.01. The third-order valence-electron chi connectivity index (χ3n) is 3.63. The van der Waals surface area contributed by atoms with E-state index in [1.54, 1.807) is 0 Å². The molecule has 0 heterocycles. The summed E-state index contributed by atoms with van der Waals surface area (Å²) >= 11 is 0. The van der Waals surface area contributed by atoms with Crippen LogP contribution in [0.15, 0.2) is 24.2 Å². The zero-order valence-electron chi connectivity index (χ0n) is 23.4. The molecule has 1 aliphatic rings. The molecule has 1 saturated carbocycles. The normalized spacial score (nSPS) is 30.6. The van der Waals surface area contributed by atoms with Crippen molar-refractivity contribution in [2.24, 2.45) is 0 Å². The maximum atomic E-state index is 11.5. The zero-order chi connectivity index (χ0) is 24.9. The van der Waals surface area contributed by atoms with Gasteiger partial charge in [-0.05, 0) is 44.4 Å². The van der Waals surface area contributed by atoms with Gasteiger partial charge in [-0.2, -0.15) is 0 Å². The number of aliphatic hydroxyl groups is 1. The molecule has 0 saturated heterocycles. The van der Waals surface area contributed by atoms with Crippen molar-refractivity contribution in [1.29, 1.82) is 0 Å². The van der Waals surface area contributed by atoms with E-state index in [0.717, 1.165) is 7.11 Å². The average Bonchev–Trinajstić information content (AvgIpc) is 2.61. The van der Waals surface area contributed by atoms with E-state index < -0.39 is 67.5 Å². The third-order valence-corrected chi connectivity index (χ3v) is 3.63. The fraction of sp³-hybridized carbons (Fsp3) is 0.647. The van der Waals surface area contributed by atoms with E-state index in [0.29, 0.717) is 19.3 Å². The van der Waals surface area contributed by atoms with Crippen molar-refractivity contribution in [3.63, 3.8) is 0 Å². The molecule has 0 spiro atoms. The van der Waals surface area contributed by atoms with Crippen LogP contribution in [0.3, 0.4) is 0 Å². The van der Waals surface area contributed by atoms with E-state index in [-0.39, 0.29) is 17.7 Å².